The maximum absolute atomic E-state index is 11.1. The first kappa shape index (κ1) is 25.4. The number of carboxylic acid groups (broad SMARTS) is 1. The van der Waals surface area contributed by atoms with Crippen LogP contribution in [0.2, 0.25) is 0 Å². The largest absolute Gasteiger partial charge is 0.493 e. The van der Waals surface area contributed by atoms with Crippen LogP contribution >= 0.6 is 11.3 Å². The zero-order valence-corrected chi connectivity index (χ0v) is 21.6. The Morgan fingerprint density at radius 3 is 2.67 bits per heavy atom. The minimum atomic E-state index is -0.868. The van der Waals surface area contributed by atoms with E-state index in [-0.39, 0.29) is 12.6 Å². The first-order valence-corrected chi connectivity index (χ1v) is 12.6. The minimum Gasteiger partial charge on any atom is -0.493 e. The molecule has 0 radical (unpaired) electrons. The number of ether oxygens (including phenoxy) is 4. The van der Waals surface area contributed by atoms with Gasteiger partial charge in [0.15, 0.2) is 11.5 Å². The maximum atomic E-state index is 11.1. The van der Waals surface area contributed by atoms with Gasteiger partial charge in [0.25, 0.3) is 0 Å². The number of rotatable bonds is 12. The first-order chi connectivity index (χ1) is 17.3. The van der Waals surface area contributed by atoms with Crippen molar-refractivity contribution >= 4 is 28.2 Å². The van der Waals surface area contributed by atoms with Crippen molar-refractivity contribution in [2.45, 2.75) is 39.8 Å². The molecule has 0 aliphatic carbocycles. The molecule has 0 amide bonds. The van der Waals surface area contributed by atoms with Gasteiger partial charge in [-0.15, -0.1) is 11.3 Å². The van der Waals surface area contributed by atoms with Gasteiger partial charge in [0, 0.05) is 29.1 Å². The number of carbonyl (C=O) groups is 1. The van der Waals surface area contributed by atoms with E-state index in [1.165, 1.54) is 11.3 Å². The smallest absolute Gasteiger partial charge is 0.323 e. The van der Waals surface area contributed by atoms with Crippen molar-refractivity contribution in [3.05, 3.63) is 53.5 Å². The predicted octanol–water partition coefficient (Wildman–Crippen LogP) is 5.80. The van der Waals surface area contributed by atoms with Crippen LogP contribution in [0.5, 0.6) is 23.1 Å². The Kier molecular flexibility index (Phi) is 8.00. The molecule has 0 atom stereocenters. The summed E-state index contributed by atoms with van der Waals surface area (Å²) in [4.78, 5) is 15.6. The minimum absolute atomic E-state index is 0.0657. The zero-order chi connectivity index (χ0) is 25.7. The van der Waals surface area contributed by atoms with Crippen molar-refractivity contribution in [2.75, 3.05) is 20.3 Å². The number of thiazole rings is 1. The fourth-order valence-corrected chi connectivity index (χ4v) is 4.59. The molecule has 2 aromatic carbocycles. The highest BCUT2D eigenvalue weighted by Crippen LogP contribution is 2.35. The second kappa shape index (κ2) is 11.3. The Hall–Kier alpha value is -3.72. The SMILES string of the molecule is COc1cc(-c2nc(OC(C)C)cs2)ccc1OCCCOc1ccc2c(c1)c(C)cn2CC(=O)O. The molecule has 0 aliphatic heterocycles. The summed E-state index contributed by atoms with van der Waals surface area (Å²) in [5.74, 6) is 1.79. The van der Waals surface area contributed by atoms with Gasteiger partial charge in [0.1, 0.15) is 17.3 Å². The molecule has 2 heterocycles. The van der Waals surface area contributed by atoms with E-state index in [4.69, 9.17) is 24.1 Å². The van der Waals surface area contributed by atoms with Crippen LogP contribution in [0, 0.1) is 6.92 Å². The molecule has 9 heteroatoms. The van der Waals surface area contributed by atoms with Gasteiger partial charge in [0.05, 0.1) is 31.8 Å². The summed E-state index contributed by atoms with van der Waals surface area (Å²) < 4.78 is 24.8. The molecule has 0 saturated heterocycles. The molecular weight excluding hydrogens is 480 g/mol. The highest BCUT2D eigenvalue weighted by atomic mass is 32.1. The fraction of sp³-hybridized carbons (Fsp3) is 0.333. The van der Waals surface area contributed by atoms with Gasteiger partial charge in [-0.3, -0.25) is 4.79 Å². The molecule has 0 saturated carbocycles. The molecule has 0 unspecified atom stereocenters. The van der Waals surface area contributed by atoms with Crippen LogP contribution in [-0.2, 0) is 11.3 Å². The lowest BCUT2D eigenvalue weighted by atomic mass is 10.2. The van der Waals surface area contributed by atoms with Crippen molar-refractivity contribution in [1.29, 1.82) is 0 Å². The number of aliphatic carboxylic acids is 1. The number of methoxy groups -OCH3 is 1. The Labute approximate surface area is 214 Å². The average Bonchev–Trinajstić information content (AvgIpc) is 3.42. The second-order valence-corrected chi connectivity index (χ2v) is 9.44. The number of aryl methyl sites for hydroxylation is 1. The van der Waals surface area contributed by atoms with Crippen molar-refractivity contribution in [2.24, 2.45) is 0 Å². The molecule has 1 N–H and O–H groups in total. The number of nitrogens with zero attached hydrogens (tertiary/aromatic N) is 2. The normalized spacial score (nSPS) is 11.1. The standard InChI is InChI=1S/C27H30N2O6S/c1-17(2)35-25-16-36-27(28-25)19-6-9-23(24(12-19)32-4)34-11-5-10-33-20-7-8-22-21(13-20)18(3)14-29(22)15-26(30)31/h6-9,12-14,16-17H,5,10-11,15H2,1-4H3,(H,30,31). The van der Waals surface area contributed by atoms with E-state index in [9.17, 15) is 4.79 Å². The highest BCUT2D eigenvalue weighted by Gasteiger charge is 2.12. The lowest BCUT2D eigenvalue weighted by Crippen LogP contribution is -2.07. The van der Waals surface area contributed by atoms with E-state index in [0.717, 1.165) is 32.8 Å². The van der Waals surface area contributed by atoms with E-state index >= 15 is 0 Å². The van der Waals surface area contributed by atoms with Crippen LogP contribution < -0.4 is 18.9 Å². The number of hydrogen-bond donors (Lipinski definition) is 1. The monoisotopic (exact) mass is 510 g/mol. The maximum Gasteiger partial charge on any atom is 0.323 e. The van der Waals surface area contributed by atoms with E-state index in [1.54, 1.807) is 11.7 Å². The molecule has 8 nitrogen and oxygen atoms in total. The van der Waals surface area contributed by atoms with Crippen LogP contribution in [-0.4, -0.2) is 47.1 Å². The Balaban J connectivity index is 1.31. The van der Waals surface area contributed by atoms with Crippen LogP contribution in [0.4, 0.5) is 0 Å². The third kappa shape index (κ3) is 6.09. The van der Waals surface area contributed by atoms with Crippen molar-refractivity contribution in [3.8, 4) is 33.7 Å². The van der Waals surface area contributed by atoms with Crippen molar-refractivity contribution in [1.82, 2.24) is 9.55 Å². The lowest BCUT2D eigenvalue weighted by Gasteiger charge is -2.12. The molecule has 0 aliphatic rings. The summed E-state index contributed by atoms with van der Waals surface area (Å²) in [5, 5.41) is 12.8. The number of carboxylic acids is 1. The fourth-order valence-electron chi connectivity index (χ4n) is 3.86. The van der Waals surface area contributed by atoms with E-state index in [0.29, 0.717) is 37.0 Å². The van der Waals surface area contributed by atoms with Gasteiger partial charge in [0.2, 0.25) is 5.88 Å². The number of benzene rings is 2. The first-order valence-electron chi connectivity index (χ1n) is 11.7. The summed E-state index contributed by atoms with van der Waals surface area (Å²) in [6.07, 6.45) is 2.61. The quantitative estimate of drug-likeness (QED) is 0.241. The molecule has 0 fully saturated rings. The Morgan fingerprint density at radius 2 is 1.92 bits per heavy atom. The van der Waals surface area contributed by atoms with Gasteiger partial charge in [-0.25, -0.2) is 4.98 Å². The molecule has 190 valence electrons. The third-order valence-corrected chi connectivity index (χ3v) is 6.29. The Morgan fingerprint density at radius 1 is 1.11 bits per heavy atom. The highest BCUT2D eigenvalue weighted by molar-refractivity contribution is 7.13. The van der Waals surface area contributed by atoms with Crippen LogP contribution in [0.25, 0.3) is 21.5 Å². The van der Waals surface area contributed by atoms with Crippen molar-refractivity contribution < 1.29 is 28.8 Å². The average molecular weight is 511 g/mol. The summed E-state index contributed by atoms with van der Waals surface area (Å²) in [5.41, 5.74) is 2.83. The molecule has 0 spiro atoms. The van der Waals surface area contributed by atoms with E-state index < -0.39 is 5.97 Å². The van der Waals surface area contributed by atoms with Gasteiger partial charge < -0.3 is 28.6 Å². The Bertz CT molecular complexity index is 1340. The molecule has 36 heavy (non-hydrogen) atoms. The van der Waals surface area contributed by atoms with Gasteiger partial charge in [-0.05, 0) is 62.7 Å². The van der Waals surface area contributed by atoms with Crippen LogP contribution in [0.15, 0.2) is 48.0 Å². The molecule has 2 aromatic heterocycles. The second-order valence-electron chi connectivity index (χ2n) is 8.59. The third-order valence-electron chi connectivity index (χ3n) is 5.42. The van der Waals surface area contributed by atoms with Gasteiger partial charge >= 0.3 is 5.97 Å². The summed E-state index contributed by atoms with van der Waals surface area (Å²) >= 11 is 1.52. The van der Waals surface area contributed by atoms with Gasteiger partial charge in [-0.2, -0.15) is 0 Å². The summed E-state index contributed by atoms with van der Waals surface area (Å²) in [6.45, 7) is 6.79. The lowest BCUT2D eigenvalue weighted by molar-refractivity contribution is -0.137. The zero-order valence-electron chi connectivity index (χ0n) is 20.8. The van der Waals surface area contributed by atoms with E-state index in [1.807, 2.05) is 68.7 Å². The van der Waals surface area contributed by atoms with Crippen molar-refractivity contribution in [3.63, 3.8) is 0 Å². The van der Waals surface area contributed by atoms with Crippen LogP contribution in [0.1, 0.15) is 25.8 Å². The summed E-state index contributed by atoms with van der Waals surface area (Å²) in [7, 11) is 1.62. The van der Waals surface area contributed by atoms with Crippen LogP contribution in [0.3, 0.4) is 0 Å². The molecule has 0 bridgehead atoms. The predicted molar refractivity (Wildman–Crippen MR) is 140 cm³/mol. The van der Waals surface area contributed by atoms with E-state index in [2.05, 4.69) is 4.98 Å². The number of fused-ring (bicyclic) bond motifs is 1. The molecule has 4 aromatic rings. The molecule has 4 rings (SSSR count). The van der Waals surface area contributed by atoms with Gasteiger partial charge in [-0.1, -0.05) is 0 Å². The number of hydrogen-bond acceptors (Lipinski definition) is 7. The topological polar surface area (TPSA) is 92.0 Å². The number of aromatic nitrogens is 2. The molecular formula is C27H30N2O6S. The summed E-state index contributed by atoms with van der Waals surface area (Å²) in [6, 6.07) is 11.5.